The van der Waals surface area contributed by atoms with Crippen molar-refractivity contribution in [2.24, 2.45) is 5.16 Å². The Kier molecular flexibility index (Phi) is 5.04. The molecule has 4 rings (SSSR count). The first-order chi connectivity index (χ1) is 14.5. The Morgan fingerprint density at radius 3 is 2.90 bits per heavy atom. The predicted molar refractivity (Wildman–Crippen MR) is 107 cm³/mol. The molecule has 0 fully saturated rings. The normalized spacial score (nSPS) is 11.6. The average molecular weight is 405 g/mol. The number of hydrogen-bond donors (Lipinski definition) is 0. The van der Waals surface area contributed by atoms with Crippen LogP contribution in [0, 0.1) is 10.1 Å². The summed E-state index contributed by atoms with van der Waals surface area (Å²) < 4.78 is 6.69. The first kappa shape index (κ1) is 19.0. The molecule has 0 saturated heterocycles. The van der Waals surface area contributed by atoms with E-state index >= 15 is 0 Å². The highest BCUT2D eigenvalue weighted by atomic mass is 16.6. The van der Waals surface area contributed by atoms with Crippen molar-refractivity contribution in [3.63, 3.8) is 0 Å². The standard InChI is InChI=1S/C20H15N5O5/c1-13(18-9-14-5-2-3-8-19(14)30-20(18)26)22-29-12-15-11-24(23-21-15)16-6-4-7-17(10-16)25(27)28/h2-11H,12H2,1H3/b22-13+. The zero-order valence-electron chi connectivity index (χ0n) is 15.8. The Morgan fingerprint density at radius 1 is 1.23 bits per heavy atom. The molecule has 0 bridgehead atoms. The summed E-state index contributed by atoms with van der Waals surface area (Å²) >= 11 is 0. The molecule has 0 N–H and O–H groups in total. The molecule has 0 radical (unpaired) electrons. The van der Waals surface area contributed by atoms with Crippen molar-refractivity contribution >= 4 is 22.4 Å². The summed E-state index contributed by atoms with van der Waals surface area (Å²) in [6.07, 6.45) is 1.58. The van der Waals surface area contributed by atoms with Gasteiger partial charge in [0.25, 0.3) is 5.69 Å². The number of aromatic nitrogens is 3. The lowest BCUT2D eigenvalue weighted by molar-refractivity contribution is -0.384. The fraction of sp³-hybridized carbons (Fsp3) is 0.100. The number of nitro benzene ring substituents is 1. The molecule has 0 spiro atoms. The topological polar surface area (TPSA) is 126 Å². The van der Waals surface area contributed by atoms with Gasteiger partial charge in [-0.3, -0.25) is 10.1 Å². The second-order valence-corrected chi connectivity index (χ2v) is 6.37. The van der Waals surface area contributed by atoms with Crippen molar-refractivity contribution in [3.05, 3.63) is 92.6 Å². The second kappa shape index (κ2) is 7.95. The van der Waals surface area contributed by atoms with Gasteiger partial charge in [-0.25, -0.2) is 9.48 Å². The Balaban J connectivity index is 1.47. The minimum absolute atomic E-state index is 0.00514. The van der Waals surface area contributed by atoms with Crippen LogP contribution in [0.25, 0.3) is 16.7 Å². The zero-order valence-corrected chi connectivity index (χ0v) is 15.8. The minimum atomic E-state index is -0.504. The van der Waals surface area contributed by atoms with Crippen LogP contribution in [-0.4, -0.2) is 25.6 Å². The molecule has 2 aromatic heterocycles. The Hall–Kier alpha value is -4.34. The highest BCUT2D eigenvalue weighted by molar-refractivity contribution is 6.00. The highest BCUT2D eigenvalue weighted by Crippen LogP contribution is 2.16. The van der Waals surface area contributed by atoms with Crippen molar-refractivity contribution < 1.29 is 14.2 Å². The summed E-state index contributed by atoms with van der Waals surface area (Å²) in [4.78, 5) is 27.9. The van der Waals surface area contributed by atoms with Crippen LogP contribution in [0.3, 0.4) is 0 Å². The third kappa shape index (κ3) is 3.92. The third-order valence-corrected chi connectivity index (χ3v) is 4.29. The van der Waals surface area contributed by atoms with Gasteiger partial charge < -0.3 is 9.25 Å². The lowest BCUT2D eigenvalue weighted by atomic mass is 10.1. The number of oxime groups is 1. The summed E-state index contributed by atoms with van der Waals surface area (Å²) in [6, 6.07) is 14.9. The molecule has 0 amide bonds. The Morgan fingerprint density at radius 2 is 2.07 bits per heavy atom. The van der Waals surface area contributed by atoms with Gasteiger partial charge in [0.2, 0.25) is 0 Å². The van der Waals surface area contributed by atoms with Gasteiger partial charge in [-0.1, -0.05) is 34.6 Å². The Labute approximate surface area is 169 Å². The molecule has 10 nitrogen and oxygen atoms in total. The Bertz CT molecular complexity index is 1320. The van der Waals surface area contributed by atoms with Gasteiger partial charge in [-0.15, -0.1) is 5.10 Å². The third-order valence-electron chi connectivity index (χ3n) is 4.29. The number of nitrogens with zero attached hydrogens (tertiary/aromatic N) is 5. The summed E-state index contributed by atoms with van der Waals surface area (Å²) in [6.45, 7) is 1.65. The number of benzene rings is 2. The molecule has 4 aromatic rings. The summed E-state index contributed by atoms with van der Waals surface area (Å²) in [5.74, 6) is 0. The average Bonchev–Trinajstić information content (AvgIpc) is 3.22. The van der Waals surface area contributed by atoms with E-state index in [1.54, 1.807) is 43.5 Å². The van der Waals surface area contributed by atoms with Crippen LogP contribution < -0.4 is 5.63 Å². The number of non-ortho nitro benzene ring substituents is 1. The fourth-order valence-corrected chi connectivity index (χ4v) is 2.80. The molecular formula is C20H15N5O5. The van der Waals surface area contributed by atoms with E-state index in [0.29, 0.717) is 28.2 Å². The van der Waals surface area contributed by atoms with E-state index in [-0.39, 0.29) is 12.3 Å². The summed E-state index contributed by atoms with van der Waals surface area (Å²) in [7, 11) is 0. The maximum atomic E-state index is 12.2. The zero-order chi connectivity index (χ0) is 21.1. The highest BCUT2D eigenvalue weighted by Gasteiger charge is 2.11. The van der Waals surface area contributed by atoms with E-state index in [1.807, 2.05) is 12.1 Å². The van der Waals surface area contributed by atoms with Gasteiger partial charge in [-0.2, -0.15) is 0 Å². The first-order valence-corrected chi connectivity index (χ1v) is 8.87. The molecule has 0 aliphatic heterocycles. The molecule has 0 unspecified atom stereocenters. The van der Waals surface area contributed by atoms with Gasteiger partial charge in [-0.05, 0) is 25.1 Å². The molecule has 0 aliphatic carbocycles. The number of rotatable bonds is 6. The van der Waals surface area contributed by atoms with E-state index in [2.05, 4.69) is 15.5 Å². The van der Waals surface area contributed by atoms with Crippen molar-refractivity contribution in [2.45, 2.75) is 13.5 Å². The van der Waals surface area contributed by atoms with Gasteiger partial charge in [0, 0.05) is 17.5 Å². The van der Waals surface area contributed by atoms with Crippen LogP contribution in [0.5, 0.6) is 0 Å². The second-order valence-electron chi connectivity index (χ2n) is 6.37. The molecule has 2 heterocycles. The molecule has 0 aliphatic rings. The first-order valence-electron chi connectivity index (χ1n) is 8.87. The number of para-hydroxylation sites is 1. The van der Waals surface area contributed by atoms with Gasteiger partial charge in [0.1, 0.15) is 11.3 Å². The van der Waals surface area contributed by atoms with Crippen molar-refractivity contribution in [1.29, 1.82) is 0 Å². The van der Waals surface area contributed by atoms with Crippen LogP contribution in [0.4, 0.5) is 5.69 Å². The van der Waals surface area contributed by atoms with Gasteiger partial charge in [0.05, 0.1) is 28.1 Å². The maximum Gasteiger partial charge on any atom is 0.345 e. The molecule has 30 heavy (non-hydrogen) atoms. The van der Waals surface area contributed by atoms with Crippen LogP contribution in [0.15, 0.2) is 75.2 Å². The number of fused-ring (bicyclic) bond motifs is 1. The molecular weight excluding hydrogens is 390 g/mol. The monoisotopic (exact) mass is 405 g/mol. The largest absolute Gasteiger partial charge is 0.422 e. The fourth-order valence-electron chi connectivity index (χ4n) is 2.80. The van der Waals surface area contributed by atoms with Crippen LogP contribution in [-0.2, 0) is 11.4 Å². The van der Waals surface area contributed by atoms with Crippen LogP contribution in [0.2, 0.25) is 0 Å². The van der Waals surface area contributed by atoms with Crippen LogP contribution >= 0.6 is 0 Å². The van der Waals surface area contributed by atoms with E-state index in [9.17, 15) is 14.9 Å². The van der Waals surface area contributed by atoms with Crippen molar-refractivity contribution in [3.8, 4) is 5.69 Å². The van der Waals surface area contributed by atoms with E-state index < -0.39 is 10.5 Å². The number of hydrogen-bond acceptors (Lipinski definition) is 8. The van der Waals surface area contributed by atoms with Crippen LogP contribution in [0.1, 0.15) is 18.2 Å². The predicted octanol–water partition coefficient (Wildman–Crippen LogP) is 3.22. The molecule has 2 aromatic carbocycles. The summed E-state index contributed by atoms with van der Waals surface area (Å²) in [5, 5.41) is 23.6. The minimum Gasteiger partial charge on any atom is -0.422 e. The lowest BCUT2D eigenvalue weighted by Gasteiger charge is -2.02. The molecule has 0 saturated carbocycles. The maximum absolute atomic E-state index is 12.2. The van der Waals surface area contributed by atoms with E-state index in [0.717, 1.165) is 5.39 Å². The smallest absolute Gasteiger partial charge is 0.345 e. The van der Waals surface area contributed by atoms with Crippen molar-refractivity contribution in [2.75, 3.05) is 0 Å². The van der Waals surface area contributed by atoms with E-state index in [4.69, 9.17) is 9.25 Å². The van der Waals surface area contributed by atoms with Crippen molar-refractivity contribution in [1.82, 2.24) is 15.0 Å². The molecule has 10 heteroatoms. The quantitative estimate of drug-likeness (QED) is 0.209. The number of nitro groups is 1. The van der Waals surface area contributed by atoms with Gasteiger partial charge in [0.15, 0.2) is 6.61 Å². The SMILES string of the molecule is C/C(=N\OCc1cn(-c2cccc([N+](=O)[O-])c2)nn1)c1cc2ccccc2oc1=O. The summed E-state index contributed by atoms with van der Waals surface area (Å²) in [5.41, 5.74) is 1.57. The lowest BCUT2D eigenvalue weighted by Crippen LogP contribution is -2.12. The molecule has 0 atom stereocenters. The molecule has 150 valence electrons. The van der Waals surface area contributed by atoms with E-state index in [1.165, 1.54) is 16.8 Å². The van der Waals surface area contributed by atoms with Gasteiger partial charge >= 0.3 is 5.63 Å².